The molecule has 0 saturated carbocycles. The van der Waals surface area contributed by atoms with E-state index >= 15 is 0 Å². The molecular formula is C9H15F3N4O. The van der Waals surface area contributed by atoms with Gasteiger partial charge in [-0.2, -0.15) is 13.2 Å². The topological polar surface area (TPSA) is 54.2 Å². The molecule has 1 aromatic rings. The van der Waals surface area contributed by atoms with Crippen LogP contribution in [-0.4, -0.2) is 36.5 Å². The van der Waals surface area contributed by atoms with Gasteiger partial charge in [0.25, 0.3) is 0 Å². The van der Waals surface area contributed by atoms with Gasteiger partial charge in [-0.1, -0.05) is 12.0 Å². The van der Waals surface area contributed by atoms with Crippen molar-refractivity contribution in [3.63, 3.8) is 0 Å². The number of nitrogens with zero attached hydrogens (tertiary/aromatic N) is 3. The number of rotatable bonds is 6. The van der Waals surface area contributed by atoms with E-state index in [1.165, 1.54) is 0 Å². The van der Waals surface area contributed by atoms with Crippen molar-refractivity contribution < 1.29 is 17.6 Å². The van der Waals surface area contributed by atoms with Gasteiger partial charge in [0, 0.05) is 6.54 Å². The molecule has 0 aromatic carbocycles. The van der Waals surface area contributed by atoms with E-state index < -0.39 is 12.7 Å². The lowest BCUT2D eigenvalue weighted by atomic mass is 10.4. The second-order valence-corrected chi connectivity index (χ2v) is 3.55. The van der Waals surface area contributed by atoms with Gasteiger partial charge < -0.3 is 14.6 Å². The van der Waals surface area contributed by atoms with Crippen LogP contribution < -0.4 is 10.2 Å². The third-order valence-electron chi connectivity index (χ3n) is 1.92. The van der Waals surface area contributed by atoms with Gasteiger partial charge >= 0.3 is 12.2 Å². The van der Waals surface area contributed by atoms with Gasteiger partial charge in [-0.15, -0.1) is 5.10 Å². The molecule has 1 heterocycles. The highest BCUT2D eigenvalue weighted by molar-refractivity contribution is 5.24. The SMILES string of the molecule is CCCN(CC(F)(F)F)c1nnc(CNC)o1. The largest absolute Gasteiger partial charge is 0.407 e. The molecule has 0 aliphatic carbocycles. The van der Waals surface area contributed by atoms with Crippen molar-refractivity contribution in [1.29, 1.82) is 0 Å². The highest BCUT2D eigenvalue weighted by Crippen LogP contribution is 2.21. The summed E-state index contributed by atoms with van der Waals surface area (Å²) >= 11 is 0. The smallest absolute Gasteiger partial charge is 0.406 e. The number of halogens is 3. The molecule has 8 heteroatoms. The lowest BCUT2D eigenvalue weighted by Gasteiger charge is -2.20. The van der Waals surface area contributed by atoms with Crippen LogP contribution in [0.2, 0.25) is 0 Å². The number of alkyl halides is 3. The van der Waals surface area contributed by atoms with Crippen LogP contribution in [0, 0.1) is 0 Å². The Kier molecular flexibility index (Phi) is 4.73. The molecule has 0 atom stereocenters. The van der Waals surface area contributed by atoms with Gasteiger partial charge in [-0.05, 0) is 13.5 Å². The molecule has 98 valence electrons. The van der Waals surface area contributed by atoms with E-state index in [1.807, 2.05) is 0 Å². The standard InChI is InChI=1S/C9H15F3N4O/c1-3-4-16(6-9(10,11)12)8-15-14-7(17-8)5-13-2/h13H,3-6H2,1-2H3. The van der Waals surface area contributed by atoms with Crippen LogP contribution in [0.25, 0.3) is 0 Å². The zero-order chi connectivity index (χ0) is 12.9. The average Bonchev–Trinajstić information content (AvgIpc) is 2.64. The maximum absolute atomic E-state index is 12.3. The number of anilines is 1. The van der Waals surface area contributed by atoms with Crippen molar-refractivity contribution >= 4 is 6.01 Å². The molecule has 0 aliphatic rings. The maximum atomic E-state index is 12.3. The number of nitrogens with one attached hydrogen (secondary N) is 1. The third kappa shape index (κ3) is 4.59. The molecule has 0 aliphatic heterocycles. The second-order valence-electron chi connectivity index (χ2n) is 3.55. The van der Waals surface area contributed by atoms with Crippen molar-refractivity contribution in [2.45, 2.75) is 26.1 Å². The Morgan fingerprint density at radius 1 is 1.35 bits per heavy atom. The molecule has 0 amide bonds. The second kappa shape index (κ2) is 5.85. The lowest BCUT2D eigenvalue weighted by Crippen LogP contribution is -2.35. The Morgan fingerprint density at radius 2 is 2.06 bits per heavy atom. The summed E-state index contributed by atoms with van der Waals surface area (Å²) < 4.78 is 42.1. The summed E-state index contributed by atoms with van der Waals surface area (Å²) in [5.41, 5.74) is 0. The van der Waals surface area contributed by atoms with Gasteiger partial charge in [0.15, 0.2) is 0 Å². The molecule has 0 fully saturated rings. The van der Waals surface area contributed by atoms with Crippen LogP contribution in [0.4, 0.5) is 19.2 Å². The summed E-state index contributed by atoms with van der Waals surface area (Å²) in [6.07, 6.45) is -3.72. The first kappa shape index (κ1) is 13.8. The number of hydrogen-bond donors (Lipinski definition) is 1. The quantitative estimate of drug-likeness (QED) is 0.832. The minimum absolute atomic E-state index is 0.0885. The fourth-order valence-electron chi connectivity index (χ4n) is 1.32. The van der Waals surface area contributed by atoms with Gasteiger partial charge in [0.1, 0.15) is 6.54 Å². The maximum Gasteiger partial charge on any atom is 0.406 e. The average molecular weight is 252 g/mol. The van der Waals surface area contributed by atoms with E-state index in [0.29, 0.717) is 13.0 Å². The first-order chi connectivity index (χ1) is 7.96. The van der Waals surface area contributed by atoms with E-state index in [-0.39, 0.29) is 18.5 Å². The van der Waals surface area contributed by atoms with Crippen molar-refractivity contribution in [2.24, 2.45) is 0 Å². The summed E-state index contributed by atoms with van der Waals surface area (Å²) in [5.74, 6) is 0.269. The summed E-state index contributed by atoms with van der Waals surface area (Å²) in [7, 11) is 1.68. The van der Waals surface area contributed by atoms with Crippen molar-refractivity contribution in [3.05, 3.63) is 5.89 Å². The highest BCUT2D eigenvalue weighted by Gasteiger charge is 2.32. The molecular weight excluding hydrogens is 237 g/mol. The summed E-state index contributed by atoms with van der Waals surface area (Å²) in [6.45, 7) is 1.26. The molecule has 17 heavy (non-hydrogen) atoms. The molecule has 5 nitrogen and oxygen atoms in total. The van der Waals surface area contributed by atoms with Crippen LogP contribution in [0.15, 0.2) is 4.42 Å². The van der Waals surface area contributed by atoms with Crippen LogP contribution in [0.5, 0.6) is 0 Å². The fraction of sp³-hybridized carbons (Fsp3) is 0.778. The van der Waals surface area contributed by atoms with Gasteiger partial charge in [-0.25, -0.2) is 0 Å². The number of hydrogen-bond acceptors (Lipinski definition) is 5. The highest BCUT2D eigenvalue weighted by atomic mass is 19.4. The Balaban J connectivity index is 2.74. The number of aromatic nitrogens is 2. The minimum atomic E-state index is -4.28. The normalized spacial score (nSPS) is 11.8. The molecule has 0 saturated heterocycles. The van der Waals surface area contributed by atoms with E-state index in [0.717, 1.165) is 4.90 Å². The van der Waals surface area contributed by atoms with E-state index in [1.54, 1.807) is 14.0 Å². The Morgan fingerprint density at radius 3 is 2.59 bits per heavy atom. The zero-order valence-electron chi connectivity index (χ0n) is 9.71. The molecule has 0 radical (unpaired) electrons. The van der Waals surface area contributed by atoms with E-state index in [4.69, 9.17) is 4.42 Å². The van der Waals surface area contributed by atoms with Crippen LogP contribution in [-0.2, 0) is 6.54 Å². The van der Waals surface area contributed by atoms with E-state index in [2.05, 4.69) is 15.5 Å². The van der Waals surface area contributed by atoms with Crippen LogP contribution >= 0.6 is 0 Å². The zero-order valence-corrected chi connectivity index (χ0v) is 9.71. The Labute approximate surface area is 97.0 Å². The predicted molar refractivity (Wildman–Crippen MR) is 55.6 cm³/mol. The van der Waals surface area contributed by atoms with E-state index in [9.17, 15) is 13.2 Å². The minimum Gasteiger partial charge on any atom is -0.407 e. The lowest BCUT2D eigenvalue weighted by molar-refractivity contribution is -0.120. The molecule has 0 bridgehead atoms. The van der Waals surface area contributed by atoms with Gasteiger partial charge in [0.05, 0.1) is 6.54 Å². The molecule has 0 unspecified atom stereocenters. The van der Waals surface area contributed by atoms with Crippen molar-refractivity contribution in [2.75, 3.05) is 25.0 Å². The molecule has 1 rings (SSSR count). The first-order valence-corrected chi connectivity index (χ1v) is 5.25. The third-order valence-corrected chi connectivity index (χ3v) is 1.92. The van der Waals surface area contributed by atoms with Crippen LogP contribution in [0.3, 0.4) is 0 Å². The Hall–Kier alpha value is -1.31. The predicted octanol–water partition coefficient (Wildman–Crippen LogP) is 1.57. The molecule has 1 aromatic heterocycles. The first-order valence-electron chi connectivity index (χ1n) is 5.25. The van der Waals surface area contributed by atoms with Crippen molar-refractivity contribution in [3.8, 4) is 0 Å². The monoisotopic (exact) mass is 252 g/mol. The molecule has 0 spiro atoms. The van der Waals surface area contributed by atoms with Crippen LogP contribution in [0.1, 0.15) is 19.2 Å². The summed E-state index contributed by atoms with van der Waals surface area (Å²) in [5, 5.41) is 10.0. The van der Waals surface area contributed by atoms with Crippen molar-refractivity contribution in [1.82, 2.24) is 15.5 Å². The fourth-order valence-corrected chi connectivity index (χ4v) is 1.32. The summed E-state index contributed by atoms with van der Waals surface area (Å²) in [4.78, 5) is 1.03. The molecule has 1 N–H and O–H groups in total. The van der Waals surface area contributed by atoms with Gasteiger partial charge in [0.2, 0.25) is 5.89 Å². The Bertz CT molecular complexity index is 339. The van der Waals surface area contributed by atoms with Gasteiger partial charge in [-0.3, -0.25) is 0 Å². The summed E-state index contributed by atoms with van der Waals surface area (Å²) in [6, 6.07) is -0.0885.